The third kappa shape index (κ3) is 5.56. The number of nitro groups is 1. The number of hydrogen-bond acceptors (Lipinski definition) is 9. The Morgan fingerprint density at radius 2 is 1.80 bits per heavy atom. The van der Waals surface area contributed by atoms with Gasteiger partial charge in [0.2, 0.25) is 11.1 Å². The molecule has 220 valence electrons. The molecule has 3 aliphatic rings. The highest BCUT2D eigenvalue weighted by molar-refractivity contribution is 6.28. The summed E-state index contributed by atoms with van der Waals surface area (Å²) in [6.45, 7) is 7.73. The lowest BCUT2D eigenvalue weighted by Gasteiger charge is -2.53. The number of rotatable bonds is 5. The molecule has 1 amide bonds. The normalized spacial score (nSPS) is 21.6. The van der Waals surface area contributed by atoms with Gasteiger partial charge in [-0.3, -0.25) is 14.9 Å². The van der Waals surface area contributed by atoms with Crippen LogP contribution in [0.25, 0.3) is 0 Å². The van der Waals surface area contributed by atoms with Gasteiger partial charge in [0, 0.05) is 38.0 Å². The molecule has 11 nitrogen and oxygen atoms in total. The molecule has 0 N–H and O–H groups in total. The largest absolute Gasteiger partial charge is 0.468 e. The number of benzene rings is 1. The zero-order valence-electron chi connectivity index (χ0n) is 23.9. The Morgan fingerprint density at radius 1 is 1.12 bits per heavy atom. The van der Waals surface area contributed by atoms with Gasteiger partial charge in [0.25, 0.3) is 0 Å². The van der Waals surface area contributed by atoms with Crippen LogP contribution in [0.15, 0.2) is 24.3 Å². The van der Waals surface area contributed by atoms with Crippen LogP contribution in [0.5, 0.6) is 0 Å². The van der Waals surface area contributed by atoms with Crippen LogP contribution in [0.3, 0.4) is 0 Å². The van der Waals surface area contributed by atoms with Gasteiger partial charge in [-0.1, -0.05) is 24.3 Å². The second kappa shape index (κ2) is 10.7. The van der Waals surface area contributed by atoms with E-state index in [0.29, 0.717) is 32.6 Å². The summed E-state index contributed by atoms with van der Waals surface area (Å²) in [5.74, 6) is -0.290. The van der Waals surface area contributed by atoms with Gasteiger partial charge >= 0.3 is 17.7 Å². The average Bonchev–Trinajstić information content (AvgIpc) is 2.90. The van der Waals surface area contributed by atoms with Crippen LogP contribution in [-0.2, 0) is 32.5 Å². The van der Waals surface area contributed by atoms with E-state index in [4.69, 9.17) is 21.1 Å². The summed E-state index contributed by atoms with van der Waals surface area (Å²) >= 11 is 6.38. The molecule has 2 saturated heterocycles. The third-order valence-electron chi connectivity index (χ3n) is 8.55. The molecular weight excluding hydrogens is 550 g/mol. The standard InChI is InChI=1S/C29H36ClN5O6/c1-27(2,3)41-26(37)34-17-28(18-34)12-14-33(15-13-28)23-22(35(38)39)21(31-25(30)32-23)16-29(24(36)40-4)11-7-9-19-8-5-6-10-20(19)29/h5-6,8,10H,7,9,11-18H2,1-4H3. The first kappa shape index (κ1) is 29.0. The third-order valence-corrected chi connectivity index (χ3v) is 8.72. The number of aromatic nitrogens is 2. The number of esters is 1. The first-order valence-electron chi connectivity index (χ1n) is 14.0. The second-order valence-corrected chi connectivity index (χ2v) is 12.8. The van der Waals surface area contributed by atoms with Crippen LogP contribution in [0.4, 0.5) is 16.3 Å². The Labute approximate surface area is 244 Å². The van der Waals surface area contributed by atoms with Gasteiger partial charge in [0.1, 0.15) is 11.3 Å². The topological polar surface area (TPSA) is 128 Å². The van der Waals surface area contributed by atoms with Crippen molar-refractivity contribution in [3.63, 3.8) is 0 Å². The minimum absolute atomic E-state index is 0.0230. The second-order valence-electron chi connectivity index (χ2n) is 12.5. The number of hydrogen-bond donors (Lipinski definition) is 0. The summed E-state index contributed by atoms with van der Waals surface area (Å²) in [5, 5.41) is 12.4. The van der Waals surface area contributed by atoms with Crippen molar-refractivity contribution in [2.75, 3.05) is 38.2 Å². The van der Waals surface area contributed by atoms with Crippen LogP contribution < -0.4 is 4.90 Å². The molecule has 0 saturated carbocycles. The van der Waals surface area contributed by atoms with Crippen molar-refractivity contribution in [1.82, 2.24) is 14.9 Å². The van der Waals surface area contributed by atoms with Crippen molar-refractivity contribution < 1.29 is 24.0 Å². The molecule has 2 fully saturated rings. The van der Waals surface area contributed by atoms with E-state index in [9.17, 15) is 19.7 Å². The summed E-state index contributed by atoms with van der Waals surface area (Å²) in [6, 6.07) is 7.66. The Kier molecular flexibility index (Phi) is 7.61. The minimum Gasteiger partial charge on any atom is -0.468 e. The number of likely N-dealkylation sites (tertiary alicyclic amines) is 1. The lowest BCUT2D eigenvalue weighted by molar-refractivity contribution is -0.385. The van der Waals surface area contributed by atoms with Crippen LogP contribution >= 0.6 is 11.6 Å². The van der Waals surface area contributed by atoms with Gasteiger partial charge in [0.05, 0.1) is 17.4 Å². The Balaban J connectivity index is 1.41. The highest BCUT2D eigenvalue weighted by Gasteiger charge is 2.50. The molecule has 0 radical (unpaired) electrons. The van der Waals surface area contributed by atoms with Crippen molar-refractivity contribution in [2.24, 2.45) is 5.41 Å². The summed E-state index contributed by atoms with van der Waals surface area (Å²) in [6.07, 6.45) is 3.15. The lowest BCUT2D eigenvalue weighted by atomic mass is 9.67. The smallest absolute Gasteiger partial charge is 0.410 e. The number of ether oxygens (including phenoxy) is 2. The number of fused-ring (bicyclic) bond motifs is 1. The molecule has 3 heterocycles. The van der Waals surface area contributed by atoms with Crippen LogP contribution in [-0.4, -0.2) is 70.7 Å². The molecule has 0 bridgehead atoms. The fraction of sp³-hybridized carbons (Fsp3) is 0.586. The molecule has 12 heteroatoms. The molecule has 1 aromatic carbocycles. The van der Waals surface area contributed by atoms with E-state index < -0.39 is 21.9 Å². The SMILES string of the molecule is COC(=O)C1(Cc2nc(Cl)nc(N3CCC4(CC3)CN(C(=O)OC(C)(C)C)C4)c2[N+](=O)[O-])CCCc2ccccc21. The first-order chi connectivity index (χ1) is 19.4. The van der Waals surface area contributed by atoms with Gasteiger partial charge in [-0.2, -0.15) is 4.98 Å². The number of amides is 1. The molecule has 41 heavy (non-hydrogen) atoms. The number of aryl methyl sites for hydroxylation is 1. The maximum atomic E-state index is 13.4. The van der Waals surface area contributed by atoms with Crippen molar-refractivity contribution >= 4 is 35.2 Å². The number of carbonyl (C=O) groups is 2. The summed E-state index contributed by atoms with van der Waals surface area (Å²) in [4.78, 5) is 50.1. The van der Waals surface area contributed by atoms with Gasteiger partial charge in [-0.05, 0) is 75.6 Å². The van der Waals surface area contributed by atoms with Gasteiger partial charge in [0.15, 0.2) is 0 Å². The summed E-state index contributed by atoms with van der Waals surface area (Å²) in [7, 11) is 1.34. The van der Waals surface area contributed by atoms with E-state index >= 15 is 0 Å². The molecule has 5 rings (SSSR count). The zero-order chi connectivity index (χ0) is 29.6. The lowest BCUT2D eigenvalue weighted by Crippen LogP contribution is -2.62. The predicted molar refractivity (Wildman–Crippen MR) is 152 cm³/mol. The van der Waals surface area contributed by atoms with E-state index in [1.54, 1.807) is 4.90 Å². The van der Waals surface area contributed by atoms with Crippen LogP contribution in [0.1, 0.15) is 63.3 Å². The number of carbonyl (C=O) groups excluding carboxylic acids is 2. The van der Waals surface area contributed by atoms with Crippen molar-refractivity contribution in [1.29, 1.82) is 0 Å². The molecule has 2 aromatic rings. The van der Waals surface area contributed by atoms with E-state index in [2.05, 4.69) is 9.97 Å². The Hall–Kier alpha value is -3.47. The quantitative estimate of drug-likeness (QED) is 0.209. The van der Waals surface area contributed by atoms with E-state index in [1.165, 1.54) is 7.11 Å². The van der Waals surface area contributed by atoms with Crippen molar-refractivity contribution in [3.05, 3.63) is 56.5 Å². The van der Waals surface area contributed by atoms with Crippen LogP contribution in [0.2, 0.25) is 5.28 Å². The minimum atomic E-state index is -1.12. The van der Waals surface area contributed by atoms with Crippen LogP contribution in [0, 0.1) is 15.5 Å². The number of halogens is 1. The maximum Gasteiger partial charge on any atom is 0.410 e. The first-order valence-corrected chi connectivity index (χ1v) is 14.3. The zero-order valence-corrected chi connectivity index (χ0v) is 24.7. The van der Waals surface area contributed by atoms with Gasteiger partial charge < -0.3 is 19.3 Å². The molecular formula is C29H36ClN5O6. The predicted octanol–water partition coefficient (Wildman–Crippen LogP) is 4.87. The number of piperidine rings is 1. The number of anilines is 1. The Morgan fingerprint density at radius 3 is 2.44 bits per heavy atom. The number of nitrogens with zero attached hydrogens (tertiary/aromatic N) is 5. The fourth-order valence-corrected chi connectivity index (χ4v) is 6.77. The monoisotopic (exact) mass is 585 g/mol. The van der Waals surface area contributed by atoms with Crippen molar-refractivity contribution in [2.45, 2.75) is 70.3 Å². The molecule has 1 aliphatic carbocycles. The maximum absolute atomic E-state index is 13.4. The molecule has 1 atom stereocenters. The van der Waals surface area contributed by atoms with E-state index in [1.807, 2.05) is 49.9 Å². The number of methoxy groups -OCH3 is 1. The van der Waals surface area contributed by atoms with E-state index in [0.717, 1.165) is 36.8 Å². The molecule has 1 aromatic heterocycles. The highest BCUT2D eigenvalue weighted by atomic mass is 35.5. The molecule has 1 spiro atoms. The Bertz CT molecular complexity index is 1360. The highest BCUT2D eigenvalue weighted by Crippen LogP contribution is 2.46. The fourth-order valence-electron chi connectivity index (χ4n) is 6.59. The van der Waals surface area contributed by atoms with E-state index in [-0.39, 0.29) is 40.4 Å². The average molecular weight is 586 g/mol. The molecule has 2 aliphatic heterocycles. The van der Waals surface area contributed by atoms with Gasteiger partial charge in [-0.15, -0.1) is 0 Å². The van der Waals surface area contributed by atoms with Crippen molar-refractivity contribution in [3.8, 4) is 0 Å². The van der Waals surface area contributed by atoms with Gasteiger partial charge in [-0.25, -0.2) is 9.78 Å². The summed E-state index contributed by atoms with van der Waals surface area (Å²) in [5.41, 5.74) is -0.0157. The summed E-state index contributed by atoms with van der Waals surface area (Å²) < 4.78 is 10.7. The molecule has 1 unspecified atom stereocenters.